The first kappa shape index (κ1) is 11.8. The lowest BCUT2D eigenvalue weighted by Gasteiger charge is -2.03. The second kappa shape index (κ2) is 5.55. The van der Waals surface area contributed by atoms with E-state index in [4.69, 9.17) is 4.42 Å². The summed E-state index contributed by atoms with van der Waals surface area (Å²) in [7, 11) is 0. The molecule has 0 saturated heterocycles. The van der Waals surface area contributed by atoms with Crippen molar-refractivity contribution in [2.45, 2.75) is 6.42 Å². The minimum atomic E-state index is 0.751. The molecule has 0 spiro atoms. The molecule has 4 nitrogen and oxygen atoms in total. The van der Waals surface area contributed by atoms with Gasteiger partial charge >= 0.3 is 0 Å². The molecule has 0 aliphatic rings. The number of aromatic nitrogens is 2. The molecule has 5 heteroatoms. The SMILES string of the molecule is C(#Cc1ccoc1)CCNc1ncnc2sccc12. The summed E-state index contributed by atoms with van der Waals surface area (Å²) < 4.78 is 4.95. The molecule has 3 aromatic heterocycles. The number of anilines is 1. The Morgan fingerprint density at radius 1 is 1.32 bits per heavy atom. The van der Waals surface area contributed by atoms with Crippen molar-refractivity contribution in [3.63, 3.8) is 0 Å². The normalized spacial score (nSPS) is 10.1. The van der Waals surface area contributed by atoms with Gasteiger partial charge in [-0.3, -0.25) is 0 Å². The molecular formula is C14H11N3OS. The van der Waals surface area contributed by atoms with Crippen LogP contribution in [0.4, 0.5) is 5.82 Å². The Morgan fingerprint density at radius 3 is 3.21 bits per heavy atom. The van der Waals surface area contributed by atoms with Gasteiger partial charge < -0.3 is 9.73 Å². The van der Waals surface area contributed by atoms with Crippen LogP contribution in [0, 0.1) is 11.8 Å². The fourth-order valence-corrected chi connectivity index (χ4v) is 2.41. The van der Waals surface area contributed by atoms with Crippen LogP contribution in [-0.4, -0.2) is 16.5 Å². The molecule has 1 N–H and O–H groups in total. The first-order valence-corrected chi connectivity index (χ1v) is 6.74. The number of thiophene rings is 1. The van der Waals surface area contributed by atoms with Crippen LogP contribution < -0.4 is 5.32 Å². The van der Waals surface area contributed by atoms with Crippen molar-refractivity contribution < 1.29 is 4.42 Å². The molecule has 19 heavy (non-hydrogen) atoms. The lowest BCUT2D eigenvalue weighted by Crippen LogP contribution is -2.02. The molecule has 0 atom stereocenters. The van der Waals surface area contributed by atoms with Gasteiger partial charge in [0, 0.05) is 13.0 Å². The van der Waals surface area contributed by atoms with Crippen molar-refractivity contribution in [1.29, 1.82) is 0 Å². The Hall–Kier alpha value is -2.32. The number of furan rings is 1. The van der Waals surface area contributed by atoms with Crippen LogP contribution >= 0.6 is 11.3 Å². The van der Waals surface area contributed by atoms with E-state index < -0.39 is 0 Å². The van der Waals surface area contributed by atoms with Crippen LogP contribution in [-0.2, 0) is 0 Å². The standard InChI is InChI=1S/C14H11N3OS/c1(3-11-4-7-18-9-11)2-6-15-13-12-5-8-19-14(12)17-10-16-13/h4-5,7-10H,2,6H2,(H,15,16,17). The van der Waals surface area contributed by atoms with E-state index in [2.05, 4.69) is 27.1 Å². The Morgan fingerprint density at radius 2 is 2.32 bits per heavy atom. The molecule has 0 radical (unpaired) electrons. The summed E-state index contributed by atoms with van der Waals surface area (Å²) >= 11 is 1.61. The van der Waals surface area contributed by atoms with Gasteiger partial charge in [-0.05, 0) is 17.5 Å². The minimum absolute atomic E-state index is 0.751. The van der Waals surface area contributed by atoms with Crippen LogP contribution in [0.1, 0.15) is 12.0 Å². The molecule has 0 amide bonds. The van der Waals surface area contributed by atoms with Gasteiger partial charge in [-0.2, -0.15) is 0 Å². The predicted molar refractivity (Wildman–Crippen MR) is 76.1 cm³/mol. The van der Waals surface area contributed by atoms with Gasteiger partial charge in [0.05, 0.1) is 17.2 Å². The fraction of sp³-hybridized carbons (Fsp3) is 0.143. The molecule has 0 aliphatic carbocycles. The highest BCUT2D eigenvalue weighted by Gasteiger charge is 2.02. The number of fused-ring (bicyclic) bond motifs is 1. The molecule has 94 valence electrons. The van der Waals surface area contributed by atoms with Crippen molar-refractivity contribution in [3.05, 3.63) is 41.9 Å². The van der Waals surface area contributed by atoms with Gasteiger partial charge in [-0.1, -0.05) is 11.8 Å². The summed E-state index contributed by atoms with van der Waals surface area (Å²) in [5.74, 6) is 6.99. The molecular weight excluding hydrogens is 258 g/mol. The van der Waals surface area contributed by atoms with Crippen molar-refractivity contribution >= 4 is 27.4 Å². The lowest BCUT2D eigenvalue weighted by molar-refractivity contribution is 0.566. The summed E-state index contributed by atoms with van der Waals surface area (Å²) in [6.07, 6.45) is 5.59. The molecule has 3 aromatic rings. The summed E-state index contributed by atoms with van der Waals surface area (Å²) in [4.78, 5) is 9.46. The highest BCUT2D eigenvalue weighted by Crippen LogP contribution is 2.23. The summed E-state index contributed by atoms with van der Waals surface area (Å²) in [6.45, 7) is 0.757. The molecule has 3 heterocycles. The van der Waals surface area contributed by atoms with E-state index in [1.807, 2.05) is 17.5 Å². The van der Waals surface area contributed by atoms with Gasteiger partial charge in [0.25, 0.3) is 0 Å². The van der Waals surface area contributed by atoms with Crippen LogP contribution in [0.25, 0.3) is 10.2 Å². The zero-order valence-electron chi connectivity index (χ0n) is 10.1. The van der Waals surface area contributed by atoms with Crippen LogP contribution in [0.2, 0.25) is 0 Å². The quantitative estimate of drug-likeness (QED) is 0.586. The van der Waals surface area contributed by atoms with Gasteiger partial charge in [-0.15, -0.1) is 11.3 Å². The van der Waals surface area contributed by atoms with Crippen LogP contribution in [0.15, 0.2) is 40.8 Å². The van der Waals surface area contributed by atoms with Crippen LogP contribution in [0.3, 0.4) is 0 Å². The third-order valence-electron chi connectivity index (χ3n) is 2.56. The smallest absolute Gasteiger partial charge is 0.138 e. The van der Waals surface area contributed by atoms with Gasteiger partial charge in [-0.25, -0.2) is 9.97 Å². The first-order chi connectivity index (χ1) is 9.43. The highest BCUT2D eigenvalue weighted by atomic mass is 32.1. The van der Waals surface area contributed by atoms with Crippen molar-refractivity contribution in [1.82, 2.24) is 9.97 Å². The maximum atomic E-state index is 4.95. The summed E-state index contributed by atoms with van der Waals surface area (Å²) in [6, 6.07) is 3.87. The lowest BCUT2D eigenvalue weighted by atomic mass is 10.3. The molecule has 3 rings (SSSR count). The molecule has 0 fully saturated rings. The predicted octanol–water partition coefficient (Wildman–Crippen LogP) is 3.14. The molecule has 0 aromatic carbocycles. The monoisotopic (exact) mass is 269 g/mol. The zero-order valence-corrected chi connectivity index (χ0v) is 10.9. The molecule has 0 saturated carbocycles. The van der Waals surface area contributed by atoms with E-state index in [1.54, 1.807) is 30.2 Å². The molecule has 0 bridgehead atoms. The highest BCUT2D eigenvalue weighted by molar-refractivity contribution is 7.16. The van der Waals surface area contributed by atoms with Crippen molar-refractivity contribution in [2.75, 3.05) is 11.9 Å². The number of hydrogen-bond acceptors (Lipinski definition) is 5. The Bertz CT molecular complexity index is 722. The third-order valence-corrected chi connectivity index (χ3v) is 3.38. The van der Waals surface area contributed by atoms with E-state index in [1.165, 1.54) is 0 Å². The second-order valence-corrected chi connectivity index (χ2v) is 4.75. The van der Waals surface area contributed by atoms with E-state index in [9.17, 15) is 0 Å². The Kier molecular flexibility index (Phi) is 3.43. The molecule has 0 aliphatic heterocycles. The number of nitrogens with one attached hydrogen (secondary N) is 1. The Balaban J connectivity index is 1.59. The van der Waals surface area contributed by atoms with E-state index >= 15 is 0 Å². The minimum Gasteiger partial charge on any atom is -0.471 e. The second-order valence-electron chi connectivity index (χ2n) is 3.85. The van der Waals surface area contributed by atoms with Crippen molar-refractivity contribution in [2.24, 2.45) is 0 Å². The maximum Gasteiger partial charge on any atom is 0.138 e. The van der Waals surface area contributed by atoms with E-state index in [0.29, 0.717) is 0 Å². The summed E-state index contributed by atoms with van der Waals surface area (Å²) in [5, 5.41) is 6.37. The number of nitrogens with zero attached hydrogens (tertiary/aromatic N) is 2. The maximum absolute atomic E-state index is 4.95. The molecule has 0 unspecified atom stereocenters. The average molecular weight is 269 g/mol. The van der Waals surface area contributed by atoms with Crippen molar-refractivity contribution in [3.8, 4) is 11.8 Å². The average Bonchev–Trinajstić information content (AvgIpc) is 3.09. The summed E-state index contributed by atoms with van der Waals surface area (Å²) in [5.41, 5.74) is 0.905. The first-order valence-electron chi connectivity index (χ1n) is 5.86. The Labute approximate surface area is 114 Å². The third kappa shape index (κ3) is 2.75. The zero-order chi connectivity index (χ0) is 12.9. The van der Waals surface area contributed by atoms with E-state index in [0.717, 1.165) is 34.6 Å². The topological polar surface area (TPSA) is 51.0 Å². The van der Waals surface area contributed by atoms with E-state index in [-0.39, 0.29) is 0 Å². The van der Waals surface area contributed by atoms with Crippen LogP contribution in [0.5, 0.6) is 0 Å². The van der Waals surface area contributed by atoms with Gasteiger partial charge in [0.1, 0.15) is 23.2 Å². The largest absolute Gasteiger partial charge is 0.471 e. The number of hydrogen-bond donors (Lipinski definition) is 1. The van der Waals surface area contributed by atoms with Gasteiger partial charge in [0.2, 0.25) is 0 Å². The fourth-order valence-electron chi connectivity index (χ4n) is 1.67. The number of rotatable bonds is 3. The van der Waals surface area contributed by atoms with Gasteiger partial charge in [0.15, 0.2) is 0 Å².